The number of carbonyl (C=O) groups excluding carboxylic acids is 3. The van der Waals surface area contributed by atoms with E-state index in [1.807, 2.05) is 30.3 Å². The molecule has 0 aromatic heterocycles. The summed E-state index contributed by atoms with van der Waals surface area (Å²) < 4.78 is 20.1. The molecule has 186 valence electrons. The molecule has 0 aliphatic heterocycles. The molecular formula is C25H22N2O9. The molecule has 0 fully saturated rings. The average molecular weight is 494 g/mol. The molecule has 0 heterocycles. The van der Waals surface area contributed by atoms with Crippen LogP contribution in [0.3, 0.4) is 0 Å². The smallest absolute Gasteiger partial charge is 0.458 e. The van der Waals surface area contributed by atoms with Gasteiger partial charge in [-0.15, -0.1) is 0 Å². The Kier molecular flexibility index (Phi) is 8.93. The third-order valence-corrected chi connectivity index (χ3v) is 4.65. The number of nitrogens with zero attached hydrogens (tertiary/aromatic N) is 1. The molecule has 1 N–H and O–H groups in total. The second-order valence-electron chi connectivity index (χ2n) is 7.35. The molecule has 3 aromatic carbocycles. The molecule has 36 heavy (non-hydrogen) atoms. The van der Waals surface area contributed by atoms with Crippen LogP contribution in [0.15, 0.2) is 78.9 Å². The fraction of sp³-hybridized carbons (Fsp3) is 0.160. The molecule has 0 unspecified atom stereocenters. The fourth-order valence-electron chi connectivity index (χ4n) is 2.79. The Hall–Kier alpha value is -4.93. The highest BCUT2D eigenvalue weighted by Crippen LogP contribution is 2.18. The number of rotatable bonds is 9. The topological polar surface area (TPSA) is 143 Å². The van der Waals surface area contributed by atoms with Crippen molar-refractivity contribution < 1.29 is 38.3 Å². The molecule has 0 aliphatic rings. The molecule has 1 amide bonds. The SMILES string of the molecule is C[C@H](OC(=O)Nc1ccc(COC(=O)Oc2ccc([N+](=O)[O-])cc2)cc1)C(=O)OCc1ccccc1. The van der Waals surface area contributed by atoms with Gasteiger partial charge in [-0.25, -0.2) is 14.4 Å². The molecule has 3 aromatic rings. The Bertz CT molecular complexity index is 1200. The van der Waals surface area contributed by atoms with E-state index in [0.29, 0.717) is 11.3 Å². The maximum Gasteiger partial charge on any atom is 0.514 e. The Morgan fingerprint density at radius 3 is 2.11 bits per heavy atom. The summed E-state index contributed by atoms with van der Waals surface area (Å²) in [6, 6.07) is 20.4. The predicted octanol–water partition coefficient (Wildman–Crippen LogP) is 4.99. The summed E-state index contributed by atoms with van der Waals surface area (Å²) in [5.41, 5.74) is 1.67. The van der Waals surface area contributed by atoms with Crippen LogP contribution in [0.4, 0.5) is 21.0 Å². The predicted molar refractivity (Wildman–Crippen MR) is 126 cm³/mol. The largest absolute Gasteiger partial charge is 0.514 e. The van der Waals surface area contributed by atoms with E-state index in [0.717, 1.165) is 5.56 Å². The van der Waals surface area contributed by atoms with Gasteiger partial charge in [0.05, 0.1) is 4.92 Å². The number of esters is 1. The Morgan fingerprint density at radius 1 is 0.861 bits per heavy atom. The van der Waals surface area contributed by atoms with Gasteiger partial charge in [0, 0.05) is 17.8 Å². The van der Waals surface area contributed by atoms with Crippen molar-refractivity contribution in [3.63, 3.8) is 0 Å². The third-order valence-electron chi connectivity index (χ3n) is 4.65. The lowest BCUT2D eigenvalue weighted by Gasteiger charge is -2.13. The van der Waals surface area contributed by atoms with E-state index in [4.69, 9.17) is 18.9 Å². The van der Waals surface area contributed by atoms with Crippen molar-refractivity contribution in [1.29, 1.82) is 0 Å². The number of nitro benzene ring substituents is 1. The molecule has 0 bridgehead atoms. The van der Waals surface area contributed by atoms with Crippen LogP contribution in [0.1, 0.15) is 18.1 Å². The number of non-ortho nitro benzene ring substituents is 1. The second-order valence-corrected chi connectivity index (χ2v) is 7.35. The van der Waals surface area contributed by atoms with Crippen LogP contribution in [-0.2, 0) is 32.2 Å². The van der Waals surface area contributed by atoms with Crippen molar-refractivity contribution in [3.05, 3.63) is 100 Å². The first-order chi connectivity index (χ1) is 17.3. The molecule has 3 rings (SSSR count). The van der Waals surface area contributed by atoms with Crippen molar-refractivity contribution in [2.45, 2.75) is 26.2 Å². The minimum absolute atomic E-state index is 0.0694. The van der Waals surface area contributed by atoms with Gasteiger partial charge in [-0.1, -0.05) is 42.5 Å². The van der Waals surface area contributed by atoms with Gasteiger partial charge in [-0.3, -0.25) is 15.4 Å². The number of benzene rings is 3. The van der Waals surface area contributed by atoms with Crippen LogP contribution in [0.5, 0.6) is 5.75 Å². The molecule has 0 spiro atoms. The zero-order chi connectivity index (χ0) is 25.9. The maximum absolute atomic E-state index is 12.1. The minimum Gasteiger partial charge on any atom is -0.458 e. The van der Waals surface area contributed by atoms with Crippen molar-refractivity contribution in [2.24, 2.45) is 0 Å². The van der Waals surface area contributed by atoms with Crippen LogP contribution in [0.2, 0.25) is 0 Å². The highest BCUT2D eigenvalue weighted by atomic mass is 16.7. The third kappa shape index (κ3) is 8.13. The van der Waals surface area contributed by atoms with E-state index in [1.54, 1.807) is 24.3 Å². The van der Waals surface area contributed by atoms with Gasteiger partial charge >= 0.3 is 18.2 Å². The van der Waals surface area contributed by atoms with Crippen LogP contribution in [0, 0.1) is 10.1 Å². The summed E-state index contributed by atoms with van der Waals surface area (Å²) in [6.07, 6.45) is -2.93. The fourth-order valence-corrected chi connectivity index (χ4v) is 2.79. The zero-order valence-electron chi connectivity index (χ0n) is 19.1. The summed E-state index contributed by atoms with van der Waals surface area (Å²) in [7, 11) is 0. The molecule has 11 nitrogen and oxygen atoms in total. The molecule has 0 radical (unpaired) electrons. The average Bonchev–Trinajstić information content (AvgIpc) is 2.87. The van der Waals surface area contributed by atoms with Gasteiger partial charge in [-0.2, -0.15) is 0 Å². The first-order valence-electron chi connectivity index (χ1n) is 10.7. The summed E-state index contributed by atoms with van der Waals surface area (Å²) >= 11 is 0. The van der Waals surface area contributed by atoms with Gasteiger partial charge < -0.3 is 18.9 Å². The summed E-state index contributed by atoms with van der Waals surface area (Å²) in [4.78, 5) is 46.0. The minimum atomic E-state index is -1.11. The van der Waals surface area contributed by atoms with E-state index < -0.39 is 29.2 Å². The van der Waals surface area contributed by atoms with Gasteiger partial charge in [0.15, 0.2) is 6.10 Å². The highest BCUT2D eigenvalue weighted by molar-refractivity contribution is 5.87. The molecule has 0 saturated carbocycles. The lowest BCUT2D eigenvalue weighted by Crippen LogP contribution is -2.28. The monoisotopic (exact) mass is 494 g/mol. The lowest BCUT2D eigenvalue weighted by molar-refractivity contribution is -0.384. The molecule has 0 saturated heterocycles. The van der Waals surface area contributed by atoms with E-state index in [-0.39, 0.29) is 24.7 Å². The van der Waals surface area contributed by atoms with Crippen LogP contribution < -0.4 is 10.1 Å². The number of amides is 1. The number of nitro groups is 1. The Balaban J connectivity index is 1.39. The molecule has 11 heteroatoms. The number of carbonyl (C=O) groups is 3. The van der Waals surface area contributed by atoms with Crippen molar-refractivity contribution in [1.82, 2.24) is 0 Å². The van der Waals surface area contributed by atoms with E-state index in [9.17, 15) is 24.5 Å². The quantitative estimate of drug-likeness (QED) is 0.143. The Morgan fingerprint density at radius 2 is 1.47 bits per heavy atom. The summed E-state index contributed by atoms with van der Waals surface area (Å²) in [5.74, 6) is -0.580. The van der Waals surface area contributed by atoms with E-state index >= 15 is 0 Å². The van der Waals surface area contributed by atoms with Gasteiger partial charge in [0.25, 0.3) is 5.69 Å². The highest BCUT2D eigenvalue weighted by Gasteiger charge is 2.19. The first-order valence-corrected chi connectivity index (χ1v) is 10.7. The maximum atomic E-state index is 12.1. The number of hydrogen-bond acceptors (Lipinski definition) is 9. The Labute approximate surface area is 205 Å². The summed E-state index contributed by atoms with van der Waals surface area (Å²) in [6.45, 7) is 1.36. The number of ether oxygens (including phenoxy) is 4. The van der Waals surface area contributed by atoms with Gasteiger partial charge in [0.1, 0.15) is 19.0 Å². The van der Waals surface area contributed by atoms with Crippen LogP contribution in [0.25, 0.3) is 0 Å². The lowest BCUT2D eigenvalue weighted by atomic mass is 10.2. The molecule has 1 atom stereocenters. The van der Waals surface area contributed by atoms with Crippen molar-refractivity contribution >= 4 is 29.6 Å². The second kappa shape index (κ2) is 12.5. The van der Waals surface area contributed by atoms with Crippen LogP contribution in [-0.4, -0.2) is 29.2 Å². The molecular weight excluding hydrogens is 472 g/mol. The van der Waals surface area contributed by atoms with Crippen molar-refractivity contribution in [3.8, 4) is 5.75 Å². The van der Waals surface area contributed by atoms with Gasteiger partial charge in [0.2, 0.25) is 0 Å². The van der Waals surface area contributed by atoms with E-state index in [2.05, 4.69) is 5.32 Å². The number of nitrogens with one attached hydrogen (secondary N) is 1. The van der Waals surface area contributed by atoms with Crippen LogP contribution >= 0.6 is 0 Å². The first kappa shape index (κ1) is 25.7. The number of hydrogen-bond donors (Lipinski definition) is 1. The zero-order valence-corrected chi connectivity index (χ0v) is 19.1. The normalized spacial score (nSPS) is 11.0. The molecule has 0 aliphatic carbocycles. The van der Waals surface area contributed by atoms with E-state index in [1.165, 1.54) is 31.2 Å². The number of anilines is 1. The summed E-state index contributed by atoms with van der Waals surface area (Å²) in [5, 5.41) is 13.1. The van der Waals surface area contributed by atoms with Gasteiger partial charge in [-0.05, 0) is 42.3 Å². The van der Waals surface area contributed by atoms with Crippen molar-refractivity contribution in [2.75, 3.05) is 5.32 Å². The standard InChI is InChI=1S/C25H22N2O9/c1-17(23(28)33-15-18-5-3-2-4-6-18)35-24(29)26-20-9-7-19(8-10-20)16-34-25(30)36-22-13-11-21(12-14-22)27(31)32/h2-14,17H,15-16H2,1H3,(H,26,29)/t17-/m0/s1.